The molecule has 3 N–H and O–H groups in total. The Hall–Kier alpha value is -1.64. The summed E-state index contributed by atoms with van der Waals surface area (Å²) < 4.78 is 1.82. The average molecular weight is 427 g/mol. The minimum atomic E-state index is -0.406. The molecule has 3 aromatic rings. The molecule has 2 aromatic heterocycles. The molecule has 0 radical (unpaired) electrons. The fraction of sp³-hybridized carbons (Fsp3) is 0.333. The van der Waals surface area contributed by atoms with Gasteiger partial charge in [0.25, 0.3) is 5.91 Å². The minimum absolute atomic E-state index is 0. The first-order chi connectivity index (χ1) is 12.5. The predicted octanol–water partition coefficient (Wildman–Crippen LogP) is 2.78. The molecule has 144 valence electrons. The molecule has 3 heterocycles. The van der Waals surface area contributed by atoms with Gasteiger partial charge in [-0.25, -0.2) is 4.68 Å². The van der Waals surface area contributed by atoms with E-state index in [1.54, 1.807) is 0 Å². The predicted molar refractivity (Wildman–Crippen MR) is 111 cm³/mol. The van der Waals surface area contributed by atoms with Crippen LogP contribution in [0.15, 0.2) is 30.3 Å². The number of nitrogens with zero attached hydrogens (tertiary/aromatic N) is 2. The number of nitrogens with one attached hydrogen (secondary N) is 2. The number of β-amino-alcohol motifs (C(OH)–C–C–N with tert-alkyl or cyclic N) is 1. The Labute approximate surface area is 171 Å². The van der Waals surface area contributed by atoms with Crippen LogP contribution in [0.5, 0.6) is 0 Å². The second-order valence-electron chi connectivity index (χ2n) is 6.50. The zero-order valence-electron chi connectivity index (χ0n) is 14.6. The molecule has 0 spiro atoms. The number of aliphatic hydroxyl groups excluding tert-OH is 1. The maximum atomic E-state index is 12.5. The van der Waals surface area contributed by atoms with Crippen LogP contribution < -0.4 is 10.6 Å². The van der Waals surface area contributed by atoms with E-state index in [1.165, 1.54) is 11.3 Å². The number of fused-ring (bicyclic) bond motifs is 1. The number of aromatic nitrogens is 2. The van der Waals surface area contributed by atoms with Gasteiger partial charge in [0.2, 0.25) is 0 Å². The van der Waals surface area contributed by atoms with Crippen LogP contribution in [0.2, 0.25) is 5.02 Å². The third-order valence-corrected chi connectivity index (χ3v) is 5.99. The first-order valence-corrected chi connectivity index (χ1v) is 9.64. The molecule has 9 heteroatoms. The molecule has 1 aliphatic heterocycles. The summed E-state index contributed by atoms with van der Waals surface area (Å²) in [4.78, 5) is 14.1. The third kappa shape index (κ3) is 3.97. The number of rotatable bonds is 4. The molecule has 1 aromatic carbocycles. The molecule has 0 saturated carbocycles. The highest BCUT2D eigenvalue weighted by molar-refractivity contribution is 7.20. The maximum absolute atomic E-state index is 12.5. The summed E-state index contributed by atoms with van der Waals surface area (Å²) >= 11 is 7.50. The summed E-state index contributed by atoms with van der Waals surface area (Å²) in [6, 6.07) is 9.36. The van der Waals surface area contributed by atoms with Crippen molar-refractivity contribution < 1.29 is 9.90 Å². The van der Waals surface area contributed by atoms with Gasteiger partial charge in [-0.1, -0.05) is 17.7 Å². The van der Waals surface area contributed by atoms with Crippen LogP contribution in [-0.4, -0.2) is 46.5 Å². The number of halogens is 2. The highest BCUT2D eigenvalue weighted by atomic mass is 35.5. The second-order valence-corrected chi connectivity index (χ2v) is 7.97. The van der Waals surface area contributed by atoms with Crippen molar-refractivity contribution in [3.63, 3.8) is 0 Å². The number of thiophene rings is 1. The number of hydrogen-bond acceptors (Lipinski definition) is 5. The molecule has 1 saturated heterocycles. The molecule has 27 heavy (non-hydrogen) atoms. The number of amides is 1. The van der Waals surface area contributed by atoms with E-state index in [4.69, 9.17) is 11.6 Å². The fourth-order valence-corrected chi connectivity index (χ4v) is 4.46. The van der Waals surface area contributed by atoms with Gasteiger partial charge in [0.15, 0.2) is 0 Å². The number of hydrogen-bond donors (Lipinski definition) is 3. The van der Waals surface area contributed by atoms with Crippen LogP contribution in [0.3, 0.4) is 0 Å². The van der Waals surface area contributed by atoms with Crippen molar-refractivity contribution in [2.45, 2.75) is 13.0 Å². The molecule has 1 aliphatic rings. The number of aliphatic hydroxyl groups is 1. The van der Waals surface area contributed by atoms with Gasteiger partial charge in [-0.05, 0) is 31.2 Å². The molecule has 0 bridgehead atoms. The van der Waals surface area contributed by atoms with Crippen LogP contribution in [-0.2, 0) is 0 Å². The van der Waals surface area contributed by atoms with E-state index < -0.39 is 6.10 Å². The van der Waals surface area contributed by atoms with Crippen LogP contribution in [0.25, 0.3) is 15.9 Å². The van der Waals surface area contributed by atoms with E-state index in [9.17, 15) is 9.90 Å². The fourth-order valence-electron chi connectivity index (χ4n) is 3.18. The zero-order chi connectivity index (χ0) is 18.3. The Bertz CT molecular complexity index is 972. The molecule has 6 nitrogen and oxygen atoms in total. The molecule has 1 amide bonds. The molecular weight excluding hydrogens is 407 g/mol. The lowest BCUT2D eigenvalue weighted by atomic mass is 10.1. The maximum Gasteiger partial charge on any atom is 0.261 e. The van der Waals surface area contributed by atoms with Gasteiger partial charge < -0.3 is 15.7 Å². The number of carbonyl (C=O) groups excluding carboxylic acids is 1. The lowest BCUT2D eigenvalue weighted by Gasteiger charge is -2.13. The Morgan fingerprint density at radius 1 is 1.44 bits per heavy atom. The summed E-state index contributed by atoms with van der Waals surface area (Å²) in [6.07, 6.45) is -0.406. The molecular formula is C18H20Cl2N4O2S. The highest BCUT2D eigenvalue weighted by Crippen LogP contribution is 2.31. The van der Waals surface area contributed by atoms with Crippen molar-refractivity contribution >= 4 is 51.5 Å². The van der Waals surface area contributed by atoms with Crippen LogP contribution in [0, 0.1) is 12.8 Å². The summed E-state index contributed by atoms with van der Waals surface area (Å²) in [5.74, 6) is -0.0700. The average Bonchev–Trinajstić information content (AvgIpc) is 3.30. The quantitative estimate of drug-likeness (QED) is 0.599. The smallest absolute Gasteiger partial charge is 0.261 e. The lowest BCUT2D eigenvalue weighted by Crippen LogP contribution is -2.34. The van der Waals surface area contributed by atoms with Gasteiger partial charge in [0.1, 0.15) is 4.83 Å². The Kier molecular flexibility index (Phi) is 6.08. The minimum Gasteiger partial charge on any atom is -0.391 e. The van der Waals surface area contributed by atoms with Gasteiger partial charge in [0.05, 0.1) is 22.4 Å². The van der Waals surface area contributed by atoms with Crippen molar-refractivity contribution in [2.24, 2.45) is 5.92 Å². The van der Waals surface area contributed by atoms with Gasteiger partial charge in [-0.15, -0.1) is 23.7 Å². The first-order valence-electron chi connectivity index (χ1n) is 8.45. The zero-order valence-corrected chi connectivity index (χ0v) is 17.0. The number of aryl methyl sites for hydroxylation is 1. The second kappa shape index (κ2) is 8.16. The van der Waals surface area contributed by atoms with E-state index >= 15 is 0 Å². The highest BCUT2D eigenvalue weighted by Gasteiger charge is 2.25. The first kappa shape index (κ1) is 20.1. The van der Waals surface area contributed by atoms with E-state index in [0.717, 1.165) is 28.1 Å². The van der Waals surface area contributed by atoms with Crippen molar-refractivity contribution in [3.8, 4) is 5.69 Å². The Morgan fingerprint density at radius 2 is 2.26 bits per heavy atom. The normalized spacial score (nSPS) is 19.2. The van der Waals surface area contributed by atoms with E-state index in [-0.39, 0.29) is 24.2 Å². The summed E-state index contributed by atoms with van der Waals surface area (Å²) in [5, 5.41) is 22.1. The largest absolute Gasteiger partial charge is 0.391 e. The van der Waals surface area contributed by atoms with Gasteiger partial charge >= 0.3 is 0 Å². The molecule has 1 fully saturated rings. The van der Waals surface area contributed by atoms with E-state index in [2.05, 4.69) is 15.7 Å². The van der Waals surface area contributed by atoms with Gasteiger partial charge in [0, 0.05) is 36.0 Å². The number of benzene rings is 1. The monoisotopic (exact) mass is 426 g/mol. The van der Waals surface area contributed by atoms with Crippen molar-refractivity contribution in [2.75, 3.05) is 19.6 Å². The van der Waals surface area contributed by atoms with Gasteiger partial charge in [-0.2, -0.15) is 5.10 Å². The summed E-state index contributed by atoms with van der Waals surface area (Å²) in [7, 11) is 0. The standard InChI is InChI=1S/C18H19ClN4O2S.ClH/c1-10-14-6-16(17(25)21-8-11-7-20-9-15(11)24)26-18(14)23(22-10)13-4-2-3-12(19)5-13;/h2-6,11,15,20,24H,7-9H2,1H3,(H,21,25);1H. The Balaban J connectivity index is 0.00000210. The molecule has 4 rings (SSSR count). The van der Waals surface area contributed by atoms with Crippen LogP contribution in [0.1, 0.15) is 15.4 Å². The van der Waals surface area contributed by atoms with E-state index in [0.29, 0.717) is 23.0 Å². The molecule has 0 aliphatic carbocycles. The Morgan fingerprint density at radius 3 is 2.96 bits per heavy atom. The molecule has 2 atom stereocenters. The summed E-state index contributed by atoms with van der Waals surface area (Å²) in [6.45, 7) is 3.69. The third-order valence-electron chi connectivity index (χ3n) is 4.65. The van der Waals surface area contributed by atoms with Crippen LogP contribution in [0.4, 0.5) is 0 Å². The topological polar surface area (TPSA) is 79.2 Å². The lowest BCUT2D eigenvalue weighted by molar-refractivity contribution is 0.0931. The molecule has 2 unspecified atom stereocenters. The van der Waals surface area contributed by atoms with Gasteiger partial charge in [-0.3, -0.25) is 4.79 Å². The van der Waals surface area contributed by atoms with E-state index in [1.807, 2.05) is 41.9 Å². The van der Waals surface area contributed by atoms with Crippen LogP contribution >= 0.6 is 35.3 Å². The SMILES string of the molecule is Cc1nn(-c2cccc(Cl)c2)c2sc(C(=O)NCC3CNCC3O)cc12.Cl. The van der Waals surface area contributed by atoms with Crippen molar-refractivity contribution in [3.05, 3.63) is 45.9 Å². The number of carbonyl (C=O) groups is 1. The van der Waals surface area contributed by atoms with Crippen molar-refractivity contribution in [1.29, 1.82) is 0 Å². The summed E-state index contributed by atoms with van der Waals surface area (Å²) in [5.41, 5.74) is 1.73. The van der Waals surface area contributed by atoms with Crippen molar-refractivity contribution in [1.82, 2.24) is 20.4 Å².